The predicted octanol–water partition coefficient (Wildman–Crippen LogP) is 1.13. The lowest BCUT2D eigenvalue weighted by molar-refractivity contribution is -0.119. The molecule has 1 aromatic carbocycles. The molecule has 3 N–H and O–H groups in total. The molecule has 0 atom stereocenters. The Morgan fingerprint density at radius 2 is 1.84 bits per heavy atom. The molecule has 9 nitrogen and oxygen atoms in total. The lowest BCUT2D eigenvalue weighted by Gasteiger charge is -2.22. The van der Waals surface area contributed by atoms with Crippen LogP contribution in [0.3, 0.4) is 0 Å². The van der Waals surface area contributed by atoms with Gasteiger partial charge in [-0.2, -0.15) is 0 Å². The van der Waals surface area contributed by atoms with Crippen LogP contribution in [0, 0.1) is 5.82 Å². The zero-order valence-corrected chi connectivity index (χ0v) is 16.5. The molecule has 10 heteroatoms. The third-order valence-electron chi connectivity index (χ3n) is 4.89. The Morgan fingerprint density at radius 1 is 1.16 bits per heavy atom. The van der Waals surface area contributed by atoms with Gasteiger partial charge in [-0.1, -0.05) is 12.1 Å². The van der Waals surface area contributed by atoms with Gasteiger partial charge in [0, 0.05) is 32.3 Å². The Morgan fingerprint density at radius 3 is 2.48 bits per heavy atom. The zero-order valence-electron chi connectivity index (χ0n) is 16.5. The van der Waals surface area contributed by atoms with Gasteiger partial charge in [-0.05, 0) is 17.7 Å². The Balaban J connectivity index is 2.01. The minimum absolute atomic E-state index is 0.0386. The molecule has 0 fully saturated rings. The van der Waals surface area contributed by atoms with Gasteiger partial charge in [-0.3, -0.25) is 23.9 Å². The highest BCUT2D eigenvalue weighted by Gasteiger charge is 2.30. The van der Waals surface area contributed by atoms with Crippen molar-refractivity contribution in [1.29, 1.82) is 0 Å². The molecule has 31 heavy (non-hydrogen) atoms. The second kappa shape index (κ2) is 7.56. The van der Waals surface area contributed by atoms with Gasteiger partial charge in [-0.25, -0.2) is 4.39 Å². The van der Waals surface area contributed by atoms with Crippen molar-refractivity contribution in [3.63, 3.8) is 0 Å². The van der Waals surface area contributed by atoms with E-state index in [0.717, 1.165) is 16.3 Å². The van der Waals surface area contributed by atoms with E-state index in [1.54, 1.807) is 12.1 Å². The lowest BCUT2D eigenvalue weighted by atomic mass is 10.0. The van der Waals surface area contributed by atoms with Gasteiger partial charge < -0.3 is 20.5 Å². The largest absolute Gasteiger partial charge is 0.505 e. The molecule has 3 aromatic rings. The number of carbonyl (C=O) groups is 2. The highest BCUT2D eigenvalue weighted by atomic mass is 19.1. The normalized spacial score (nSPS) is 12.2. The van der Waals surface area contributed by atoms with Crippen molar-refractivity contribution < 1.29 is 23.8 Å². The first-order valence-corrected chi connectivity index (χ1v) is 9.23. The molecule has 3 heterocycles. The van der Waals surface area contributed by atoms with Crippen LogP contribution in [-0.2, 0) is 11.2 Å². The number of nitrogens with zero attached hydrogens (tertiary/aromatic N) is 2. The van der Waals surface area contributed by atoms with Crippen LogP contribution < -0.4 is 20.9 Å². The summed E-state index contributed by atoms with van der Waals surface area (Å²) in [5.74, 6) is -2.42. The summed E-state index contributed by atoms with van der Waals surface area (Å²) in [5, 5.41) is 15.3. The lowest BCUT2D eigenvalue weighted by Crippen LogP contribution is -2.33. The average Bonchev–Trinajstić information content (AvgIpc) is 2.78. The minimum Gasteiger partial charge on any atom is -0.505 e. The number of hydrogen-bond acceptors (Lipinski definition) is 6. The number of ether oxygens (including phenoxy) is 1. The predicted molar refractivity (Wildman–Crippen MR) is 109 cm³/mol. The van der Waals surface area contributed by atoms with Crippen molar-refractivity contribution in [3.8, 4) is 11.5 Å². The first kappa shape index (κ1) is 20.1. The molecule has 0 saturated heterocycles. The van der Waals surface area contributed by atoms with Crippen LogP contribution in [-0.4, -0.2) is 40.6 Å². The molecule has 4 rings (SSSR count). The van der Waals surface area contributed by atoms with Crippen molar-refractivity contribution in [2.24, 2.45) is 0 Å². The smallest absolute Gasteiger partial charge is 0.288 e. The van der Waals surface area contributed by atoms with Crippen LogP contribution in [0.2, 0.25) is 0 Å². The number of carbonyl (C=O) groups excluding carboxylic acids is 2. The Hall–Kier alpha value is -4.21. The average molecular weight is 424 g/mol. The van der Waals surface area contributed by atoms with E-state index >= 15 is 0 Å². The van der Waals surface area contributed by atoms with Gasteiger partial charge in [0.15, 0.2) is 11.5 Å². The maximum absolute atomic E-state index is 13.3. The van der Waals surface area contributed by atoms with Gasteiger partial charge in [0.25, 0.3) is 17.4 Å². The highest BCUT2D eigenvalue weighted by Crippen LogP contribution is 2.38. The number of benzene rings is 1. The van der Waals surface area contributed by atoms with E-state index in [1.165, 1.54) is 32.4 Å². The van der Waals surface area contributed by atoms with Crippen molar-refractivity contribution in [1.82, 2.24) is 20.2 Å². The van der Waals surface area contributed by atoms with Crippen LogP contribution in [0.4, 0.5) is 4.39 Å². The van der Waals surface area contributed by atoms with Crippen LogP contribution in [0.15, 0.2) is 41.0 Å². The summed E-state index contributed by atoms with van der Waals surface area (Å²) in [6.07, 6.45) is 2.81. The first-order valence-electron chi connectivity index (χ1n) is 9.23. The van der Waals surface area contributed by atoms with E-state index in [2.05, 4.69) is 15.6 Å². The molecule has 0 spiro atoms. The van der Waals surface area contributed by atoms with Crippen LogP contribution in [0.5, 0.6) is 11.5 Å². The fourth-order valence-electron chi connectivity index (χ4n) is 3.36. The van der Waals surface area contributed by atoms with Gasteiger partial charge in [0.1, 0.15) is 22.4 Å². The fraction of sp³-hybridized carbons (Fsp3) is 0.143. The van der Waals surface area contributed by atoms with Crippen LogP contribution >= 0.6 is 0 Å². The summed E-state index contributed by atoms with van der Waals surface area (Å²) in [7, 11) is 2.72. The van der Waals surface area contributed by atoms with Crippen molar-refractivity contribution in [2.45, 2.75) is 6.42 Å². The summed E-state index contributed by atoms with van der Waals surface area (Å²) >= 11 is 0. The van der Waals surface area contributed by atoms with Crippen LogP contribution in [0.1, 0.15) is 21.5 Å². The summed E-state index contributed by atoms with van der Waals surface area (Å²) in [6.45, 7) is 0. The molecular weight excluding hydrogens is 407 g/mol. The van der Waals surface area contributed by atoms with E-state index in [1.807, 2.05) is 0 Å². The molecule has 0 unspecified atom stereocenters. The summed E-state index contributed by atoms with van der Waals surface area (Å²) in [6, 6.07) is 5.79. The van der Waals surface area contributed by atoms with Crippen molar-refractivity contribution in [2.75, 3.05) is 14.1 Å². The van der Waals surface area contributed by atoms with E-state index in [4.69, 9.17) is 4.74 Å². The molecule has 0 saturated carbocycles. The minimum atomic E-state index is -0.837. The number of likely N-dealkylation sites (N-methyl/N-ethyl adjacent to an activating group) is 1. The number of halogens is 1. The van der Waals surface area contributed by atoms with Gasteiger partial charge in [-0.15, -0.1) is 0 Å². The highest BCUT2D eigenvalue weighted by molar-refractivity contribution is 6.04. The van der Waals surface area contributed by atoms with Crippen molar-refractivity contribution in [3.05, 3.63) is 69.1 Å². The van der Waals surface area contributed by atoms with Gasteiger partial charge >= 0.3 is 0 Å². The SMILES string of the molecule is CNC(=O)C1=Cn2c(=O)c(C(=O)NC)c(O)c3ncc(Cc4ccc(F)cc4)c(c32)O1. The molecule has 158 valence electrons. The van der Waals surface area contributed by atoms with E-state index < -0.39 is 28.7 Å². The monoisotopic (exact) mass is 424 g/mol. The maximum Gasteiger partial charge on any atom is 0.288 e. The number of aromatic nitrogens is 2. The van der Waals surface area contributed by atoms with Crippen LogP contribution in [0.25, 0.3) is 17.2 Å². The molecule has 2 amide bonds. The topological polar surface area (TPSA) is 123 Å². The second-order valence-electron chi connectivity index (χ2n) is 6.77. The number of aromatic hydroxyl groups is 1. The molecule has 1 aliphatic rings. The number of hydrogen-bond donors (Lipinski definition) is 3. The molecule has 0 radical (unpaired) electrons. The third-order valence-corrected chi connectivity index (χ3v) is 4.89. The standard InChI is InChI=1S/C21H17FN4O5/c1-23-19(28)13-9-26-16-15(17(27)14(21(26)30)20(29)24-2)25-8-11(18(16)31-13)7-10-3-5-12(22)6-4-10/h3-6,8-9,27H,7H2,1-2H3,(H,23,28)(H,24,29). The molecule has 0 bridgehead atoms. The third kappa shape index (κ3) is 3.27. The quantitative estimate of drug-likeness (QED) is 0.577. The van der Waals surface area contributed by atoms with E-state index in [0.29, 0.717) is 5.56 Å². The number of rotatable bonds is 4. The molecule has 0 aliphatic carbocycles. The van der Waals surface area contributed by atoms with E-state index in [9.17, 15) is 23.9 Å². The zero-order chi connectivity index (χ0) is 22.3. The number of nitrogens with one attached hydrogen (secondary N) is 2. The maximum atomic E-state index is 13.3. The molecule has 1 aliphatic heterocycles. The summed E-state index contributed by atoms with van der Waals surface area (Å²) in [4.78, 5) is 41.7. The Labute approximate surface area is 174 Å². The second-order valence-corrected chi connectivity index (χ2v) is 6.77. The first-order chi connectivity index (χ1) is 14.8. The summed E-state index contributed by atoms with van der Waals surface area (Å²) < 4.78 is 20.1. The molecule has 2 aromatic heterocycles. The summed E-state index contributed by atoms with van der Waals surface area (Å²) in [5.41, 5.74) is -0.0387. The Kier molecular flexibility index (Phi) is 4.90. The van der Waals surface area contributed by atoms with Gasteiger partial charge in [0.2, 0.25) is 5.76 Å². The van der Waals surface area contributed by atoms with Gasteiger partial charge in [0.05, 0.1) is 6.20 Å². The Bertz CT molecular complexity index is 1330. The fourth-order valence-corrected chi connectivity index (χ4v) is 3.36. The number of amides is 2. The molecular formula is C21H17FN4O5. The number of pyridine rings is 2. The van der Waals surface area contributed by atoms with E-state index in [-0.39, 0.29) is 34.8 Å². The van der Waals surface area contributed by atoms with Crippen molar-refractivity contribution >= 4 is 29.0 Å².